The Morgan fingerprint density at radius 2 is 1.50 bits per heavy atom. The van der Waals surface area contributed by atoms with Crippen molar-refractivity contribution in [1.29, 1.82) is 0 Å². The fourth-order valence-electron chi connectivity index (χ4n) is 3.20. The molecule has 0 unspecified atom stereocenters. The van der Waals surface area contributed by atoms with Crippen LogP contribution in [-0.4, -0.2) is 52.7 Å². The van der Waals surface area contributed by atoms with E-state index in [-0.39, 0.29) is 6.10 Å². The van der Waals surface area contributed by atoms with Crippen LogP contribution in [0.3, 0.4) is 0 Å². The minimum atomic E-state index is -0.0429. The smallest absolute Gasteiger partial charge is 0.139 e. The Morgan fingerprint density at radius 3 is 2.14 bits per heavy atom. The van der Waals surface area contributed by atoms with Crippen molar-refractivity contribution in [2.75, 3.05) is 52.7 Å². The first-order valence-electron chi connectivity index (χ1n) is 10.1. The zero-order chi connectivity index (χ0) is 19.3. The third-order valence-corrected chi connectivity index (χ3v) is 4.76. The Balaban J connectivity index is 1.35. The number of benzene rings is 2. The van der Waals surface area contributed by atoms with Crippen LogP contribution >= 0.6 is 0 Å². The molecule has 4 heteroatoms. The summed E-state index contributed by atoms with van der Waals surface area (Å²) in [6.45, 7) is 6.49. The van der Waals surface area contributed by atoms with E-state index >= 15 is 0 Å². The predicted molar refractivity (Wildman–Crippen MR) is 110 cm³/mol. The van der Waals surface area contributed by atoms with Gasteiger partial charge in [0.1, 0.15) is 32.3 Å². The summed E-state index contributed by atoms with van der Waals surface area (Å²) >= 11 is 0. The van der Waals surface area contributed by atoms with Crippen molar-refractivity contribution in [1.82, 2.24) is 0 Å². The molecule has 4 nitrogen and oxygen atoms in total. The average molecular weight is 381 g/mol. The Hall–Kier alpha value is -2.16. The van der Waals surface area contributed by atoms with Gasteiger partial charge in [0.2, 0.25) is 0 Å². The van der Waals surface area contributed by atoms with Crippen LogP contribution in [0.2, 0.25) is 0 Å². The molecule has 0 aliphatic carbocycles. The second kappa shape index (κ2) is 12.3. The highest BCUT2D eigenvalue weighted by molar-refractivity contribution is 5.29. The number of morpholine rings is 1. The SMILES string of the molecule is C(#CC[NH+]1CCOCC1)COCCCOC(c1ccccc1)c1ccccc1. The van der Waals surface area contributed by atoms with E-state index in [2.05, 4.69) is 60.4 Å². The summed E-state index contributed by atoms with van der Waals surface area (Å²) in [7, 11) is 0. The molecule has 1 heterocycles. The van der Waals surface area contributed by atoms with E-state index in [0.717, 1.165) is 39.3 Å². The number of hydrogen-bond donors (Lipinski definition) is 1. The van der Waals surface area contributed by atoms with Gasteiger partial charge in [-0.3, -0.25) is 0 Å². The fourth-order valence-corrected chi connectivity index (χ4v) is 3.20. The van der Waals surface area contributed by atoms with Gasteiger partial charge in [-0.05, 0) is 23.5 Å². The van der Waals surface area contributed by atoms with Crippen molar-refractivity contribution < 1.29 is 19.1 Å². The Bertz CT molecular complexity index is 678. The van der Waals surface area contributed by atoms with Gasteiger partial charge in [0, 0.05) is 0 Å². The first-order valence-corrected chi connectivity index (χ1v) is 10.1. The molecule has 28 heavy (non-hydrogen) atoms. The van der Waals surface area contributed by atoms with Crippen molar-refractivity contribution in [2.24, 2.45) is 0 Å². The largest absolute Gasteiger partial charge is 0.370 e. The van der Waals surface area contributed by atoms with E-state index in [1.165, 1.54) is 16.0 Å². The van der Waals surface area contributed by atoms with Crippen molar-refractivity contribution >= 4 is 0 Å². The number of ether oxygens (including phenoxy) is 3. The molecule has 1 fully saturated rings. The van der Waals surface area contributed by atoms with Crippen LogP contribution in [0.15, 0.2) is 60.7 Å². The van der Waals surface area contributed by atoms with Crippen LogP contribution in [0, 0.1) is 11.8 Å². The summed E-state index contributed by atoms with van der Waals surface area (Å²) < 4.78 is 17.2. The third-order valence-electron chi connectivity index (χ3n) is 4.76. The predicted octanol–water partition coefficient (Wildman–Crippen LogP) is 2.12. The van der Waals surface area contributed by atoms with Crippen LogP contribution in [0.1, 0.15) is 23.7 Å². The van der Waals surface area contributed by atoms with Crippen molar-refractivity contribution in [3.63, 3.8) is 0 Å². The van der Waals surface area contributed by atoms with Gasteiger partial charge in [0.05, 0.1) is 26.4 Å². The lowest BCUT2D eigenvalue weighted by molar-refractivity contribution is -0.900. The second-order valence-corrected chi connectivity index (χ2v) is 6.87. The van der Waals surface area contributed by atoms with Crippen molar-refractivity contribution in [3.05, 3.63) is 71.8 Å². The summed E-state index contributed by atoms with van der Waals surface area (Å²) in [4.78, 5) is 1.50. The first kappa shape index (κ1) is 20.6. The van der Waals surface area contributed by atoms with Crippen LogP contribution in [0.25, 0.3) is 0 Å². The van der Waals surface area contributed by atoms with Gasteiger partial charge < -0.3 is 19.1 Å². The molecule has 2 aromatic rings. The number of hydrogen-bond acceptors (Lipinski definition) is 3. The summed E-state index contributed by atoms with van der Waals surface area (Å²) in [6.07, 6.45) is 0.811. The summed E-state index contributed by atoms with van der Waals surface area (Å²) in [5, 5.41) is 0. The van der Waals surface area contributed by atoms with Crippen LogP contribution in [-0.2, 0) is 14.2 Å². The summed E-state index contributed by atoms with van der Waals surface area (Å²) in [6, 6.07) is 20.7. The molecule has 2 aromatic carbocycles. The second-order valence-electron chi connectivity index (χ2n) is 6.87. The monoisotopic (exact) mass is 380 g/mol. The molecule has 1 aliphatic rings. The molecule has 1 aliphatic heterocycles. The highest BCUT2D eigenvalue weighted by atomic mass is 16.5. The fraction of sp³-hybridized carbons (Fsp3) is 0.417. The third kappa shape index (κ3) is 7.10. The van der Waals surface area contributed by atoms with Gasteiger partial charge >= 0.3 is 0 Å². The molecule has 148 valence electrons. The molecular weight excluding hydrogens is 350 g/mol. The molecule has 0 spiro atoms. The Kier molecular flexibility index (Phi) is 9.06. The van der Waals surface area contributed by atoms with Gasteiger partial charge in [-0.15, -0.1) is 0 Å². The number of rotatable bonds is 9. The van der Waals surface area contributed by atoms with Gasteiger partial charge in [-0.1, -0.05) is 66.6 Å². The molecule has 0 aromatic heterocycles. The van der Waals surface area contributed by atoms with Crippen LogP contribution in [0.5, 0.6) is 0 Å². The van der Waals surface area contributed by atoms with E-state index in [1.807, 2.05) is 12.1 Å². The Morgan fingerprint density at radius 1 is 0.857 bits per heavy atom. The van der Waals surface area contributed by atoms with Crippen molar-refractivity contribution in [2.45, 2.75) is 12.5 Å². The molecule has 0 atom stereocenters. The molecular formula is C24H30NO3+. The molecule has 0 amide bonds. The topological polar surface area (TPSA) is 32.1 Å². The highest BCUT2D eigenvalue weighted by Crippen LogP contribution is 2.25. The molecule has 3 rings (SSSR count). The van der Waals surface area contributed by atoms with E-state index in [0.29, 0.717) is 19.8 Å². The number of nitrogens with one attached hydrogen (secondary N) is 1. The van der Waals surface area contributed by atoms with Crippen LogP contribution < -0.4 is 4.90 Å². The molecule has 0 radical (unpaired) electrons. The van der Waals surface area contributed by atoms with E-state index in [9.17, 15) is 0 Å². The van der Waals surface area contributed by atoms with E-state index < -0.39 is 0 Å². The Labute approximate surface area is 168 Å². The summed E-state index contributed by atoms with van der Waals surface area (Å²) in [5.74, 6) is 6.32. The van der Waals surface area contributed by atoms with Gasteiger partial charge in [0.25, 0.3) is 0 Å². The lowest BCUT2D eigenvalue weighted by Gasteiger charge is -2.21. The molecule has 0 saturated carbocycles. The van der Waals surface area contributed by atoms with Crippen molar-refractivity contribution in [3.8, 4) is 11.8 Å². The minimum absolute atomic E-state index is 0.0429. The van der Waals surface area contributed by atoms with Crippen LogP contribution in [0.4, 0.5) is 0 Å². The maximum Gasteiger partial charge on any atom is 0.139 e. The van der Waals surface area contributed by atoms with E-state index in [4.69, 9.17) is 14.2 Å². The zero-order valence-electron chi connectivity index (χ0n) is 16.4. The van der Waals surface area contributed by atoms with E-state index in [1.54, 1.807) is 0 Å². The maximum atomic E-state index is 6.19. The molecule has 0 bridgehead atoms. The first-order chi connectivity index (χ1) is 13.9. The zero-order valence-corrected chi connectivity index (χ0v) is 16.4. The highest BCUT2D eigenvalue weighted by Gasteiger charge is 2.14. The lowest BCUT2D eigenvalue weighted by Crippen LogP contribution is -3.14. The summed E-state index contributed by atoms with van der Waals surface area (Å²) in [5.41, 5.74) is 2.34. The lowest BCUT2D eigenvalue weighted by atomic mass is 10.0. The standard InChI is InChI=1S/C24H29NO3/c1-3-10-22(11-4-1)24(23-12-5-2-6-13-23)28-19-9-18-26-17-8-7-14-25-15-20-27-21-16-25/h1-6,10-13,24H,9,14-21H2/p+1. The van der Waals surface area contributed by atoms with Gasteiger partial charge in [-0.25, -0.2) is 0 Å². The molecule has 1 N–H and O–H groups in total. The number of quaternary nitrogens is 1. The van der Waals surface area contributed by atoms with Gasteiger partial charge in [-0.2, -0.15) is 0 Å². The minimum Gasteiger partial charge on any atom is -0.370 e. The normalized spacial score (nSPS) is 14.6. The maximum absolute atomic E-state index is 6.19. The molecule has 1 saturated heterocycles. The quantitative estimate of drug-likeness (QED) is 0.534. The van der Waals surface area contributed by atoms with Gasteiger partial charge in [0.15, 0.2) is 0 Å². The average Bonchev–Trinajstić information content (AvgIpc) is 2.77.